The van der Waals surface area contributed by atoms with E-state index >= 15 is 0 Å². The van der Waals surface area contributed by atoms with Crippen molar-refractivity contribution < 1.29 is 9.53 Å². The molecule has 0 atom stereocenters. The third kappa shape index (κ3) is 4.03. The average Bonchev–Trinajstić information content (AvgIpc) is 2.62. The molecule has 3 rings (SSSR count). The molecule has 0 unspecified atom stereocenters. The number of halogens is 1. The van der Waals surface area contributed by atoms with E-state index in [1.54, 1.807) is 24.3 Å². The number of hydrogen-bond acceptors (Lipinski definition) is 5. The lowest BCUT2D eigenvalue weighted by Crippen LogP contribution is -2.23. The topological polar surface area (TPSA) is 86.1 Å². The number of carbonyl (C=O) groups excluding carboxylic acids is 1. The Morgan fingerprint density at radius 3 is 2.84 bits per heavy atom. The summed E-state index contributed by atoms with van der Waals surface area (Å²) in [6.07, 6.45) is 3.12. The summed E-state index contributed by atoms with van der Waals surface area (Å²) in [4.78, 5) is 32.8. The minimum absolute atomic E-state index is 0.146. The van der Waals surface area contributed by atoms with Gasteiger partial charge >= 0.3 is 0 Å². The molecule has 0 saturated heterocycles. The molecular formula is C17H15BrN4O3. The lowest BCUT2D eigenvalue weighted by molar-refractivity contribution is -0.116. The van der Waals surface area contributed by atoms with Crippen molar-refractivity contribution in [1.82, 2.24) is 14.5 Å². The van der Waals surface area contributed by atoms with E-state index in [0.29, 0.717) is 22.5 Å². The van der Waals surface area contributed by atoms with Crippen LogP contribution in [0.3, 0.4) is 0 Å². The van der Waals surface area contributed by atoms with Gasteiger partial charge in [-0.1, -0.05) is 15.9 Å². The number of amides is 1. The Kier molecular flexibility index (Phi) is 5.08. The van der Waals surface area contributed by atoms with Crippen LogP contribution in [-0.2, 0) is 11.3 Å². The number of nitrogens with one attached hydrogen (secondary N) is 1. The van der Waals surface area contributed by atoms with E-state index in [0.717, 1.165) is 4.47 Å². The molecule has 1 aromatic carbocycles. The molecule has 0 saturated carbocycles. The first-order valence-electron chi connectivity index (χ1n) is 7.51. The molecule has 2 aromatic heterocycles. The fraction of sp³-hybridized carbons (Fsp3) is 0.176. The highest BCUT2D eigenvalue weighted by atomic mass is 79.9. The Hall–Kier alpha value is -2.74. The van der Waals surface area contributed by atoms with Gasteiger partial charge in [0.15, 0.2) is 0 Å². The first kappa shape index (κ1) is 17.1. The highest BCUT2D eigenvalue weighted by Crippen LogP contribution is 2.15. The van der Waals surface area contributed by atoms with Crippen molar-refractivity contribution in [1.29, 1.82) is 0 Å². The summed E-state index contributed by atoms with van der Waals surface area (Å²) >= 11 is 3.35. The maximum atomic E-state index is 12.5. The molecule has 1 N–H and O–H groups in total. The number of aryl methyl sites for hydroxylation is 1. The number of pyridine rings is 1. The number of carbonyl (C=O) groups is 1. The molecule has 0 aliphatic rings. The van der Waals surface area contributed by atoms with Gasteiger partial charge in [-0.15, -0.1) is 0 Å². The van der Waals surface area contributed by atoms with Crippen molar-refractivity contribution in [3.8, 4) is 5.88 Å². The quantitative estimate of drug-likeness (QED) is 0.708. The second kappa shape index (κ2) is 7.43. The first-order valence-corrected chi connectivity index (χ1v) is 8.31. The fourth-order valence-corrected chi connectivity index (χ4v) is 2.67. The molecule has 0 aliphatic carbocycles. The van der Waals surface area contributed by atoms with Crippen LogP contribution in [-0.4, -0.2) is 27.6 Å². The van der Waals surface area contributed by atoms with E-state index in [1.807, 2.05) is 6.07 Å². The van der Waals surface area contributed by atoms with Crippen molar-refractivity contribution in [2.75, 3.05) is 12.4 Å². The monoisotopic (exact) mass is 402 g/mol. The number of anilines is 1. The third-order valence-corrected chi connectivity index (χ3v) is 4.09. The minimum atomic E-state index is -0.215. The molecule has 8 heteroatoms. The SMILES string of the molecule is COc1ccc(NC(=O)CCn2cnc3ccc(Br)cc3c2=O)cn1. The molecule has 0 aliphatic heterocycles. The van der Waals surface area contributed by atoms with Gasteiger partial charge in [-0.25, -0.2) is 9.97 Å². The van der Waals surface area contributed by atoms with Gasteiger partial charge in [0.2, 0.25) is 11.8 Å². The minimum Gasteiger partial charge on any atom is -0.481 e. The summed E-state index contributed by atoms with van der Waals surface area (Å²) in [6.45, 7) is 0.240. The maximum Gasteiger partial charge on any atom is 0.261 e. The van der Waals surface area contributed by atoms with Crippen LogP contribution in [0.1, 0.15) is 6.42 Å². The Morgan fingerprint density at radius 1 is 1.28 bits per heavy atom. The summed E-state index contributed by atoms with van der Waals surface area (Å²) in [5.41, 5.74) is 1.02. The van der Waals surface area contributed by atoms with Gasteiger partial charge < -0.3 is 10.1 Å². The van der Waals surface area contributed by atoms with Crippen molar-refractivity contribution in [3.05, 3.63) is 57.7 Å². The number of ether oxygens (including phenoxy) is 1. The second-order valence-electron chi connectivity index (χ2n) is 5.29. The van der Waals surface area contributed by atoms with Crippen LogP contribution in [0.4, 0.5) is 5.69 Å². The molecular weight excluding hydrogens is 388 g/mol. The maximum absolute atomic E-state index is 12.5. The Bertz CT molecular complexity index is 970. The lowest BCUT2D eigenvalue weighted by Gasteiger charge is -2.08. The number of methoxy groups -OCH3 is 1. The molecule has 25 heavy (non-hydrogen) atoms. The summed E-state index contributed by atoms with van der Waals surface area (Å²) in [7, 11) is 1.52. The van der Waals surface area contributed by atoms with Gasteiger partial charge in [0.05, 0.1) is 36.2 Å². The van der Waals surface area contributed by atoms with Gasteiger partial charge in [-0.2, -0.15) is 0 Å². The van der Waals surface area contributed by atoms with Crippen LogP contribution >= 0.6 is 15.9 Å². The summed E-state index contributed by atoms with van der Waals surface area (Å²) in [5.74, 6) is 0.256. The standard InChI is InChI=1S/C17H15BrN4O3/c1-25-16-5-3-12(9-19-16)21-15(23)6-7-22-10-20-14-4-2-11(18)8-13(14)17(22)24/h2-5,8-10H,6-7H2,1H3,(H,21,23). The predicted octanol–water partition coefficient (Wildman–Crippen LogP) is 2.59. The van der Waals surface area contributed by atoms with Crippen molar-refractivity contribution in [3.63, 3.8) is 0 Å². The number of aromatic nitrogens is 3. The van der Waals surface area contributed by atoms with Crippen LogP contribution < -0.4 is 15.6 Å². The molecule has 128 valence electrons. The van der Waals surface area contributed by atoms with E-state index < -0.39 is 0 Å². The van der Waals surface area contributed by atoms with Gasteiger partial charge in [-0.05, 0) is 24.3 Å². The number of benzene rings is 1. The lowest BCUT2D eigenvalue weighted by atomic mass is 10.2. The average molecular weight is 403 g/mol. The highest BCUT2D eigenvalue weighted by molar-refractivity contribution is 9.10. The number of fused-ring (bicyclic) bond motifs is 1. The van der Waals surface area contributed by atoms with Crippen LogP contribution in [0.15, 0.2) is 52.1 Å². The zero-order chi connectivity index (χ0) is 17.8. The zero-order valence-corrected chi connectivity index (χ0v) is 15.0. The molecule has 2 heterocycles. The Balaban J connectivity index is 1.68. The molecule has 3 aromatic rings. The molecule has 0 radical (unpaired) electrons. The number of hydrogen-bond donors (Lipinski definition) is 1. The van der Waals surface area contributed by atoms with E-state index in [1.165, 1.54) is 24.2 Å². The molecule has 0 bridgehead atoms. The van der Waals surface area contributed by atoms with Gasteiger partial charge in [0, 0.05) is 23.5 Å². The van der Waals surface area contributed by atoms with Crippen molar-refractivity contribution >= 4 is 38.4 Å². The van der Waals surface area contributed by atoms with Crippen LogP contribution in [0, 0.1) is 0 Å². The normalized spacial score (nSPS) is 10.6. The molecule has 7 nitrogen and oxygen atoms in total. The van der Waals surface area contributed by atoms with E-state index in [9.17, 15) is 9.59 Å². The summed E-state index contributed by atoms with van der Waals surface area (Å²) in [5, 5.41) is 3.24. The van der Waals surface area contributed by atoms with Crippen molar-refractivity contribution in [2.45, 2.75) is 13.0 Å². The molecule has 0 spiro atoms. The first-order chi connectivity index (χ1) is 12.1. The van der Waals surface area contributed by atoms with Crippen molar-refractivity contribution in [2.24, 2.45) is 0 Å². The Morgan fingerprint density at radius 2 is 2.12 bits per heavy atom. The second-order valence-corrected chi connectivity index (χ2v) is 6.21. The fourth-order valence-electron chi connectivity index (χ4n) is 2.31. The summed E-state index contributed by atoms with van der Waals surface area (Å²) in [6, 6.07) is 8.69. The van der Waals surface area contributed by atoms with Crippen LogP contribution in [0.25, 0.3) is 10.9 Å². The van der Waals surface area contributed by atoms with Gasteiger partial charge in [-0.3, -0.25) is 14.2 Å². The van der Waals surface area contributed by atoms with E-state index in [-0.39, 0.29) is 24.4 Å². The zero-order valence-electron chi connectivity index (χ0n) is 13.4. The molecule has 0 fully saturated rings. The smallest absolute Gasteiger partial charge is 0.261 e. The van der Waals surface area contributed by atoms with Gasteiger partial charge in [0.1, 0.15) is 0 Å². The van der Waals surface area contributed by atoms with Crippen LogP contribution in [0.5, 0.6) is 5.88 Å². The largest absolute Gasteiger partial charge is 0.481 e. The molecule has 1 amide bonds. The van der Waals surface area contributed by atoms with E-state index in [2.05, 4.69) is 31.2 Å². The van der Waals surface area contributed by atoms with Gasteiger partial charge in [0.25, 0.3) is 5.56 Å². The Labute approximate surface area is 151 Å². The third-order valence-electron chi connectivity index (χ3n) is 3.60. The summed E-state index contributed by atoms with van der Waals surface area (Å²) < 4.78 is 7.20. The predicted molar refractivity (Wildman–Crippen MR) is 97.7 cm³/mol. The number of nitrogens with zero attached hydrogens (tertiary/aromatic N) is 3. The van der Waals surface area contributed by atoms with E-state index in [4.69, 9.17) is 4.74 Å². The van der Waals surface area contributed by atoms with Crippen LogP contribution in [0.2, 0.25) is 0 Å². The highest BCUT2D eigenvalue weighted by Gasteiger charge is 2.08. The number of rotatable bonds is 5.